The van der Waals surface area contributed by atoms with Gasteiger partial charge >= 0.3 is 17.9 Å². The molecule has 0 N–H and O–H groups in total. The third-order valence-corrected chi connectivity index (χ3v) is 16.5. The highest BCUT2D eigenvalue weighted by Gasteiger charge is 2.19. The number of carbonyl (C=O) groups excluding carboxylic acids is 3. The van der Waals surface area contributed by atoms with Gasteiger partial charge in [-0.2, -0.15) is 0 Å². The summed E-state index contributed by atoms with van der Waals surface area (Å²) in [6, 6.07) is 0. The second-order valence-corrected chi connectivity index (χ2v) is 24.8. The Morgan fingerprint density at radius 1 is 0.253 bits per heavy atom. The molecule has 0 aromatic carbocycles. The van der Waals surface area contributed by atoms with Crippen molar-refractivity contribution in [2.24, 2.45) is 0 Å². The molecule has 6 heteroatoms. The van der Waals surface area contributed by atoms with Crippen LogP contribution in [-0.2, 0) is 28.6 Å². The number of rotatable bonds is 68. The van der Waals surface area contributed by atoms with Crippen LogP contribution in [-0.4, -0.2) is 37.2 Å². The Balaban J connectivity index is 4.34. The highest BCUT2D eigenvalue weighted by Crippen LogP contribution is 2.18. The lowest BCUT2D eigenvalue weighted by Gasteiger charge is -2.18. The average molecular weight is 1160 g/mol. The molecule has 0 aliphatic rings. The first-order chi connectivity index (χ1) is 41.0. The number of ether oxygens (including phenoxy) is 3. The second kappa shape index (κ2) is 71.6. The van der Waals surface area contributed by atoms with Crippen molar-refractivity contribution in [3.8, 4) is 0 Å². The van der Waals surface area contributed by atoms with Crippen LogP contribution in [0.3, 0.4) is 0 Å². The molecule has 0 aliphatic carbocycles. The van der Waals surface area contributed by atoms with Gasteiger partial charge in [0, 0.05) is 19.3 Å². The predicted octanol–water partition coefficient (Wildman–Crippen LogP) is 25.5. The minimum atomic E-state index is -0.778. The lowest BCUT2D eigenvalue weighted by molar-refractivity contribution is -0.167. The van der Waals surface area contributed by atoms with Gasteiger partial charge in [-0.15, -0.1) is 0 Å². The average Bonchev–Trinajstić information content (AvgIpc) is 3.49. The molecule has 83 heavy (non-hydrogen) atoms. The summed E-state index contributed by atoms with van der Waals surface area (Å²) in [6.07, 6.45) is 92.5. The van der Waals surface area contributed by atoms with Crippen molar-refractivity contribution in [1.29, 1.82) is 0 Å². The van der Waals surface area contributed by atoms with E-state index < -0.39 is 6.10 Å². The largest absolute Gasteiger partial charge is 0.462 e. The van der Waals surface area contributed by atoms with Gasteiger partial charge in [0.15, 0.2) is 6.10 Å². The van der Waals surface area contributed by atoms with Crippen LogP contribution in [0.2, 0.25) is 0 Å². The molecule has 0 amide bonds. The van der Waals surface area contributed by atoms with Gasteiger partial charge in [0.05, 0.1) is 0 Å². The van der Waals surface area contributed by atoms with Gasteiger partial charge < -0.3 is 14.2 Å². The number of hydrogen-bond donors (Lipinski definition) is 0. The maximum Gasteiger partial charge on any atom is 0.306 e. The van der Waals surface area contributed by atoms with E-state index in [-0.39, 0.29) is 31.1 Å². The Morgan fingerprint density at radius 3 is 0.747 bits per heavy atom. The lowest BCUT2D eigenvalue weighted by atomic mass is 10.0. The van der Waals surface area contributed by atoms with Crippen LogP contribution >= 0.6 is 0 Å². The van der Waals surface area contributed by atoms with E-state index >= 15 is 0 Å². The smallest absolute Gasteiger partial charge is 0.306 e. The Hall–Kier alpha value is -2.89. The van der Waals surface area contributed by atoms with Crippen LogP contribution in [0.5, 0.6) is 0 Å². The zero-order valence-electron chi connectivity index (χ0n) is 55.7. The van der Waals surface area contributed by atoms with Gasteiger partial charge in [-0.05, 0) is 83.5 Å². The second-order valence-electron chi connectivity index (χ2n) is 24.8. The van der Waals surface area contributed by atoms with Crippen molar-refractivity contribution >= 4 is 17.9 Å². The first-order valence-corrected chi connectivity index (χ1v) is 36.8. The molecule has 0 saturated carbocycles. The molecule has 484 valence electrons. The van der Waals surface area contributed by atoms with E-state index in [9.17, 15) is 14.4 Å². The Kier molecular flexibility index (Phi) is 69.1. The normalized spacial score (nSPS) is 12.4. The van der Waals surface area contributed by atoms with E-state index in [4.69, 9.17) is 14.2 Å². The zero-order valence-corrected chi connectivity index (χ0v) is 55.7. The van der Waals surface area contributed by atoms with Gasteiger partial charge in [0.2, 0.25) is 0 Å². The third kappa shape index (κ3) is 69.8. The summed E-state index contributed by atoms with van der Waals surface area (Å²) in [7, 11) is 0. The van der Waals surface area contributed by atoms with Crippen molar-refractivity contribution in [3.05, 3.63) is 60.8 Å². The predicted molar refractivity (Wildman–Crippen MR) is 362 cm³/mol. The summed E-state index contributed by atoms with van der Waals surface area (Å²) in [6.45, 7) is 6.60. The molecule has 0 bridgehead atoms. The molecule has 1 atom stereocenters. The topological polar surface area (TPSA) is 78.9 Å². The van der Waals surface area contributed by atoms with Gasteiger partial charge in [0.1, 0.15) is 13.2 Å². The number of esters is 3. The Bertz CT molecular complexity index is 1470. The first-order valence-electron chi connectivity index (χ1n) is 36.8. The van der Waals surface area contributed by atoms with Gasteiger partial charge in [-0.1, -0.05) is 351 Å². The van der Waals surface area contributed by atoms with E-state index in [2.05, 4.69) is 81.5 Å². The molecule has 0 spiro atoms. The summed E-state index contributed by atoms with van der Waals surface area (Å²) in [5, 5.41) is 0. The molecule has 0 aliphatic heterocycles. The molecule has 0 aromatic rings. The van der Waals surface area contributed by atoms with Crippen molar-refractivity contribution < 1.29 is 28.6 Å². The van der Waals surface area contributed by atoms with Crippen molar-refractivity contribution in [1.82, 2.24) is 0 Å². The lowest BCUT2D eigenvalue weighted by Crippen LogP contribution is -2.30. The molecular weight excluding hydrogens is 1020 g/mol. The standard InChI is InChI=1S/C77H140O6/c1-4-7-10-13-16-19-22-25-28-31-34-37-38-41-43-46-49-52-55-58-61-64-67-70-76(79)82-73-74(83-77(80)71-68-65-62-59-56-53-50-47-44-40-36-33-30-27-24-21-18-15-12-9-6-3)72-81-75(78)69-66-63-60-57-54-51-48-45-42-39-35-32-29-26-23-20-17-14-11-8-5-2/h7,10,16,19,25,28,33-34,36-37,74H,4-6,8-9,11-15,17-18,20-24,26-27,29-32,35,38-73H2,1-3H3/b10-7-,19-16-,28-25-,36-33-,37-34-. The van der Waals surface area contributed by atoms with E-state index in [0.29, 0.717) is 19.3 Å². The number of hydrogen-bond acceptors (Lipinski definition) is 6. The molecule has 0 rings (SSSR count). The highest BCUT2D eigenvalue weighted by molar-refractivity contribution is 5.71. The SMILES string of the molecule is CC/C=C\C/C=C\C/C=C\C/C=C\CCCCCCCCCCCCC(=O)OCC(COC(=O)CCCCCCCCCCCCCCCCCCCCCCC)OC(=O)CCCCCCCCCCC/C=C\CCCCCCCCCC. The van der Waals surface area contributed by atoms with Crippen molar-refractivity contribution in [2.45, 2.75) is 399 Å². The molecule has 0 aromatic heterocycles. The fourth-order valence-electron chi connectivity index (χ4n) is 11.0. The molecular formula is C77H140O6. The van der Waals surface area contributed by atoms with E-state index in [1.54, 1.807) is 0 Å². The maximum atomic E-state index is 13.0. The third-order valence-electron chi connectivity index (χ3n) is 16.5. The first kappa shape index (κ1) is 80.1. The van der Waals surface area contributed by atoms with E-state index in [1.807, 2.05) is 0 Å². The molecule has 0 radical (unpaired) electrons. The summed E-state index contributed by atoms with van der Waals surface area (Å²) in [5.41, 5.74) is 0. The zero-order chi connectivity index (χ0) is 59.9. The van der Waals surface area contributed by atoms with Gasteiger partial charge in [0.25, 0.3) is 0 Å². The molecule has 6 nitrogen and oxygen atoms in total. The minimum absolute atomic E-state index is 0.0714. The van der Waals surface area contributed by atoms with Crippen LogP contribution in [0.25, 0.3) is 0 Å². The summed E-state index contributed by atoms with van der Waals surface area (Å²) in [4.78, 5) is 38.6. The van der Waals surface area contributed by atoms with Crippen LogP contribution < -0.4 is 0 Å². The molecule has 0 fully saturated rings. The van der Waals surface area contributed by atoms with Crippen LogP contribution in [0.15, 0.2) is 60.8 Å². The molecule has 0 heterocycles. The number of unbranched alkanes of at least 4 members (excludes halogenated alkanes) is 47. The van der Waals surface area contributed by atoms with E-state index in [1.165, 1.54) is 270 Å². The highest BCUT2D eigenvalue weighted by atomic mass is 16.6. The maximum absolute atomic E-state index is 13.0. The Morgan fingerprint density at radius 2 is 0.470 bits per heavy atom. The summed E-state index contributed by atoms with van der Waals surface area (Å²) < 4.78 is 17.0. The summed E-state index contributed by atoms with van der Waals surface area (Å²) >= 11 is 0. The van der Waals surface area contributed by atoms with Crippen LogP contribution in [0.1, 0.15) is 393 Å². The van der Waals surface area contributed by atoms with Crippen LogP contribution in [0, 0.1) is 0 Å². The minimum Gasteiger partial charge on any atom is -0.462 e. The summed E-state index contributed by atoms with van der Waals surface area (Å²) in [5.74, 6) is -0.849. The number of allylic oxidation sites excluding steroid dienone is 10. The quantitative estimate of drug-likeness (QED) is 0.0261. The molecule has 0 saturated heterocycles. The Labute approximate surface area is 517 Å². The van der Waals surface area contributed by atoms with Gasteiger partial charge in [-0.25, -0.2) is 0 Å². The molecule has 1 unspecified atom stereocenters. The van der Waals surface area contributed by atoms with Crippen LogP contribution in [0.4, 0.5) is 0 Å². The van der Waals surface area contributed by atoms with Crippen molar-refractivity contribution in [2.75, 3.05) is 13.2 Å². The number of carbonyl (C=O) groups is 3. The van der Waals surface area contributed by atoms with Crippen molar-refractivity contribution in [3.63, 3.8) is 0 Å². The van der Waals surface area contributed by atoms with Gasteiger partial charge in [-0.3, -0.25) is 14.4 Å². The fraction of sp³-hybridized carbons (Fsp3) is 0.831. The monoisotopic (exact) mass is 1160 g/mol. The van der Waals surface area contributed by atoms with E-state index in [0.717, 1.165) is 83.5 Å². The fourth-order valence-corrected chi connectivity index (χ4v) is 11.0.